The maximum atomic E-state index is 13.2. The van der Waals surface area contributed by atoms with Gasteiger partial charge in [0.25, 0.3) is 0 Å². The van der Waals surface area contributed by atoms with E-state index in [0.29, 0.717) is 36.7 Å². The molecule has 1 aromatic carbocycles. The van der Waals surface area contributed by atoms with Crippen molar-refractivity contribution in [3.05, 3.63) is 41.3 Å². The first-order valence-corrected chi connectivity index (χ1v) is 7.66. The number of nitrogens with one attached hydrogen (secondary N) is 1. The van der Waals surface area contributed by atoms with E-state index in [-0.39, 0.29) is 18.0 Å². The summed E-state index contributed by atoms with van der Waals surface area (Å²) in [4.78, 5) is 16.0. The first kappa shape index (κ1) is 18.9. The molecule has 2 aromatic rings. The van der Waals surface area contributed by atoms with Crippen LogP contribution in [0, 0.1) is 5.82 Å². The van der Waals surface area contributed by atoms with Gasteiger partial charge in [0.15, 0.2) is 5.82 Å². The van der Waals surface area contributed by atoms with Crippen LogP contribution in [0.15, 0.2) is 22.7 Å². The first-order chi connectivity index (χ1) is 11.7. The van der Waals surface area contributed by atoms with Gasteiger partial charge in [0, 0.05) is 24.4 Å². The second-order valence-electron chi connectivity index (χ2n) is 5.80. The van der Waals surface area contributed by atoms with Crippen LogP contribution in [0.1, 0.15) is 49.9 Å². The van der Waals surface area contributed by atoms with Crippen molar-refractivity contribution in [1.29, 1.82) is 0 Å². The van der Waals surface area contributed by atoms with E-state index in [0.717, 1.165) is 6.07 Å². The highest BCUT2D eigenvalue weighted by Gasteiger charge is 2.34. The van der Waals surface area contributed by atoms with Crippen molar-refractivity contribution in [2.45, 2.75) is 45.2 Å². The second-order valence-corrected chi connectivity index (χ2v) is 5.80. The lowest BCUT2D eigenvalue weighted by atomic mass is 10.1. The van der Waals surface area contributed by atoms with Crippen LogP contribution >= 0.6 is 0 Å². The summed E-state index contributed by atoms with van der Waals surface area (Å²) in [6.07, 6.45) is -4.00. The molecule has 1 aromatic heterocycles. The van der Waals surface area contributed by atoms with Crippen LogP contribution in [0.5, 0.6) is 0 Å². The number of hydrogen-bond acceptors (Lipinski definition) is 4. The molecular weight excluding hydrogens is 342 g/mol. The van der Waals surface area contributed by atoms with Gasteiger partial charge in [-0.25, -0.2) is 4.39 Å². The summed E-state index contributed by atoms with van der Waals surface area (Å²) >= 11 is 0. The molecule has 136 valence electrons. The minimum Gasteiger partial charge on any atom is -0.339 e. The minimum absolute atomic E-state index is 0.0537. The van der Waals surface area contributed by atoms with Gasteiger partial charge in [0.05, 0.1) is 5.56 Å². The van der Waals surface area contributed by atoms with Crippen LogP contribution in [0.4, 0.5) is 23.2 Å². The third-order valence-corrected chi connectivity index (χ3v) is 3.35. The number of benzene rings is 1. The summed E-state index contributed by atoms with van der Waals surface area (Å²) in [6.45, 7) is 3.83. The van der Waals surface area contributed by atoms with E-state index in [1.54, 1.807) is 0 Å². The molecule has 0 radical (unpaired) electrons. The number of carbonyl (C=O) groups excluding carboxylic acids is 1. The number of carbonyl (C=O) groups is 1. The van der Waals surface area contributed by atoms with Gasteiger partial charge in [-0.15, -0.1) is 0 Å². The first-order valence-electron chi connectivity index (χ1n) is 7.66. The number of alkyl halides is 3. The number of amides is 1. The molecule has 0 aliphatic carbocycles. The number of rotatable bonds is 6. The largest absolute Gasteiger partial charge is 0.419 e. The van der Waals surface area contributed by atoms with Gasteiger partial charge in [-0.05, 0) is 24.6 Å². The van der Waals surface area contributed by atoms with Gasteiger partial charge in [-0.3, -0.25) is 4.79 Å². The highest BCUT2D eigenvalue weighted by Crippen LogP contribution is 2.33. The van der Waals surface area contributed by atoms with Crippen molar-refractivity contribution in [1.82, 2.24) is 10.1 Å². The fourth-order valence-corrected chi connectivity index (χ4v) is 2.05. The van der Waals surface area contributed by atoms with Crippen LogP contribution in [0.3, 0.4) is 0 Å². The van der Waals surface area contributed by atoms with Gasteiger partial charge in [0.1, 0.15) is 5.82 Å². The summed E-state index contributed by atoms with van der Waals surface area (Å²) in [5.41, 5.74) is -1.53. The Morgan fingerprint density at radius 2 is 2.04 bits per heavy atom. The molecule has 0 unspecified atom stereocenters. The van der Waals surface area contributed by atoms with Gasteiger partial charge in [0.2, 0.25) is 11.8 Å². The fraction of sp³-hybridized carbons (Fsp3) is 0.438. The van der Waals surface area contributed by atoms with E-state index in [4.69, 9.17) is 4.52 Å². The average Bonchev–Trinajstić information content (AvgIpc) is 2.97. The van der Waals surface area contributed by atoms with Crippen LogP contribution < -0.4 is 5.32 Å². The maximum absolute atomic E-state index is 13.2. The second kappa shape index (κ2) is 7.62. The van der Waals surface area contributed by atoms with Gasteiger partial charge in [-0.1, -0.05) is 19.0 Å². The molecule has 0 aliphatic heterocycles. The van der Waals surface area contributed by atoms with Gasteiger partial charge < -0.3 is 9.84 Å². The number of halogens is 4. The van der Waals surface area contributed by atoms with Crippen molar-refractivity contribution in [2.24, 2.45) is 0 Å². The van der Waals surface area contributed by atoms with Crippen molar-refractivity contribution >= 4 is 11.6 Å². The Morgan fingerprint density at radius 3 is 2.64 bits per heavy atom. The predicted octanol–water partition coefficient (Wildman–Crippen LogP) is 4.31. The lowest BCUT2D eigenvalue weighted by Gasteiger charge is -2.11. The molecule has 0 saturated carbocycles. The smallest absolute Gasteiger partial charge is 0.339 e. The Balaban J connectivity index is 1.88. The van der Waals surface area contributed by atoms with E-state index in [1.165, 1.54) is 0 Å². The lowest BCUT2D eigenvalue weighted by Crippen LogP contribution is -2.14. The highest BCUT2D eigenvalue weighted by atomic mass is 19.4. The number of aryl methyl sites for hydroxylation is 1. The Morgan fingerprint density at radius 1 is 1.32 bits per heavy atom. The molecule has 5 nitrogen and oxygen atoms in total. The minimum atomic E-state index is -4.82. The summed E-state index contributed by atoms with van der Waals surface area (Å²) in [7, 11) is 0. The SMILES string of the molecule is CC(C)c1noc(CCCC(=O)Nc2ccc(F)c(C(F)(F)F)c2)n1. The predicted molar refractivity (Wildman–Crippen MR) is 81.4 cm³/mol. The molecule has 0 fully saturated rings. The summed E-state index contributed by atoms with van der Waals surface area (Å²) in [5, 5.41) is 6.11. The third kappa shape index (κ3) is 5.27. The topological polar surface area (TPSA) is 68.0 Å². The van der Waals surface area contributed by atoms with Crippen LogP contribution in [0.25, 0.3) is 0 Å². The fourth-order valence-electron chi connectivity index (χ4n) is 2.05. The standard InChI is InChI=1S/C16H17F4N3O2/c1-9(2)15-22-14(25-23-15)5-3-4-13(24)21-10-6-7-12(17)11(8-10)16(18,19)20/h6-9H,3-5H2,1-2H3,(H,21,24). The van der Waals surface area contributed by atoms with E-state index in [2.05, 4.69) is 15.5 Å². The third-order valence-electron chi connectivity index (χ3n) is 3.35. The molecule has 0 atom stereocenters. The lowest BCUT2D eigenvalue weighted by molar-refractivity contribution is -0.140. The molecule has 0 aliphatic rings. The van der Waals surface area contributed by atoms with Crippen molar-refractivity contribution < 1.29 is 26.9 Å². The van der Waals surface area contributed by atoms with Gasteiger partial charge >= 0.3 is 6.18 Å². The number of hydrogen-bond donors (Lipinski definition) is 1. The molecule has 1 heterocycles. The van der Waals surface area contributed by atoms with Crippen molar-refractivity contribution in [3.63, 3.8) is 0 Å². The highest BCUT2D eigenvalue weighted by molar-refractivity contribution is 5.90. The Bertz CT molecular complexity index is 741. The van der Waals surface area contributed by atoms with Crippen LogP contribution in [0.2, 0.25) is 0 Å². The molecule has 0 saturated heterocycles. The van der Waals surface area contributed by atoms with E-state index in [9.17, 15) is 22.4 Å². The zero-order valence-electron chi connectivity index (χ0n) is 13.7. The monoisotopic (exact) mass is 359 g/mol. The molecule has 9 heteroatoms. The summed E-state index contributed by atoms with van der Waals surface area (Å²) in [5.74, 6) is -0.767. The van der Waals surface area contributed by atoms with Crippen molar-refractivity contribution in [2.75, 3.05) is 5.32 Å². The normalized spacial score (nSPS) is 11.8. The molecular formula is C16H17F4N3O2. The molecule has 1 N–H and O–H groups in total. The quantitative estimate of drug-likeness (QED) is 0.781. The van der Waals surface area contributed by atoms with Crippen molar-refractivity contribution in [3.8, 4) is 0 Å². The van der Waals surface area contributed by atoms with E-state index >= 15 is 0 Å². The zero-order chi connectivity index (χ0) is 18.6. The maximum Gasteiger partial charge on any atom is 0.419 e. The number of anilines is 1. The zero-order valence-corrected chi connectivity index (χ0v) is 13.7. The Labute approximate surface area is 141 Å². The Hall–Kier alpha value is -2.45. The number of nitrogens with zero attached hydrogens (tertiary/aromatic N) is 2. The molecule has 25 heavy (non-hydrogen) atoms. The van der Waals surface area contributed by atoms with Gasteiger partial charge in [-0.2, -0.15) is 18.2 Å². The molecule has 2 rings (SSSR count). The molecule has 0 bridgehead atoms. The molecule has 0 spiro atoms. The van der Waals surface area contributed by atoms with E-state index < -0.39 is 23.5 Å². The number of aromatic nitrogens is 2. The Kier molecular flexibility index (Phi) is 5.76. The van der Waals surface area contributed by atoms with Crippen LogP contribution in [-0.2, 0) is 17.4 Å². The van der Waals surface area contributed by atoms with E-state index in [1.807, 2.05) is 13.8 Å². The van der Waals surface area contributed by atoms with Crippen LogP contribution in [-0.4, -0.2) is 16.0 Å². The summed E-state index contributed by atoms with van der Waals surface area (Å²) < 4.78 is 56.1. The average molecular weight is 359 g/mol. The molecule has 1 amide bonds. The summed E-state index contributed by atoms with van der Waals surface area (Å²) in [6, 6.07) is 2.32.